The number of alkyl carbamates (subject to hydrolysis) is 1. The summed E-state index contributed by atoms with van der Waals surface area (Å²) in [7, 11) is 1.26. The van der Waals surface area contributed by atoms with Crippen LogP contribution in [-0.4, -0.2) is 42.8 Å². The molecule has 0 radical (unpaired) electrons. The van der Waals surface area contributed by atoms with E-state index in [-0.39, 0.29) is 11.9 Å². The van der Waals surface area contributed by atoms with E-state index in [4.69, 9.17) is 9.47 Å². The van der Waals surface area contributed by atoms with Crippen molar-refractivity contribution in [1.29, 1.82) is 0 Å². The van der Waals surface area contributed by atoms with Crippen LogP contribution in [0.3, 0.4) is 0 Å². The minimum atomic E-state index is -0.929. The van der Waals surface area contributed by atoms with Crippen LogP contribution >= 0.6 is 0 Å². The Morgan fingerprint density at radius 3 is 2.46 bits per heavy atom. The molecule has 2 atom stereocenters. The third kappa shape index (κ3) is 7.30. The normalized spacial score (nSPS) is 20.2. The molecule has 0 spiro atoms. The molecule has 2 N–H and O–H groups in total. The molecular formula is C17H26N2O5. The van der Waals surface area contributed by atoms with Crippen LogP contribution in [0.2, 0.25) is 0 Å². The Morgan fingerprint density at radius 1 is 1.33 bits per heavy atom. The first kappa shape index (κ1) is 19.7. The lowest BCUT2D eigenvalue weighted by Gasteiger charge is -2.23. The van der Waals surface area contributed by atoms with Gasteiger partial charge in [0, 0.05) is 13.0 Å². The van der Waals surface area contributed by atoms with Gasteiger partial charge in [0.1, 0.15) is 11.6 Å². The van der Waals surface area contributed by atoms with Crippen LogP contribution in [0.1, 0.15) is 40.5 Å². The van der Waals surface area contributed by atoms with Crippen molar-refractivity contribution in [1.82, 2.24) is 10.6 Å². The van der Waals surface area contributed by atoms with Gasteiger partial charge in [-0.3, -0.25) is 4.79 Å². The SMILES string of the molecule is COC(=O)C(/C=C1\C=CC(NC(C)=O)CC1)NC(=O)OC(C)(C)C. The van der Waals surface area contributed by atoms with Gasteiger partial charge >= 0.3 is 12.1 Å². The average Bonchev–Trinajstić information content (AvgIpc) is 2.45. The minimum absolute atomic E-state index is 0.0185. The third-order valence-corrected chi connectivity index (χ3v) is 3.18. The number of methoxy groups -OCH3 is 1. The van der Waals surface area contributed by atoms with Crippen molar-refractivity contribution in [2.45, 2.75) is 58.2 Å². The molecule has 1 rings (SSSR count). The van der Waals surface area contributed by atoms with Crippen LogP contribution in [0, 0.1) is 0 Å². The molecule has 0 aromatic rings. The van der Waals surface area contributed by atoms with Crippen molar-refractivity contribution in [2.24, 2.45) is 0 Å². The van der Waals surface area contributed by atoms with Gasteiger partial charge in [0.25, 0.3) is 0 Å². The number of amides is 2. The van der Waals surface area contributed by atoms with Gasteiger partial charge in [-0.2, -0.15) is 0 Å². The maximum Gasteiger partial charge on any atom is 0.408 e. The van der Waals surface area contributed by atoms with Gasteiger partial charge in [-0.1, -0.05) is 12.2 Å². The maximum absolute atomic E-state index is 11.9. The fourth-order valence-corrected chi connectivity index (χ4v) is 2.21. The van der Waals surface area contributed by atoms with Crippen LogP contribution in [-0.2, 0) is 19.1 Å². The molecule has 7 nitrogen and oxygen atoms in total. The van der Waals surface area contributed by atoms with Crippen molar-refractivity contribution >= 4 is 18.0 Å². The molecule has 7 heteroatoms. The van der Waals surface area contributed by atoms with E-state index < -0.39 is 23.7 Å². The summed E-state index contributed by atoms with van der Waals surface area (Å²) in [4.78, 5) is 34.8. The Bertz CT molecular complexity index is 546. The molecule has 0 aromatic heterocycles. The zero-order chi connectivity index (χ0) is 18.3. The smallest absolute Gasteiger partial charge is 0.408 e. The second-order valence-corrected chi connectivity index (χ2v) is 6.59. The Balaban J connectivity index is 2.78. The van der Waals surface area contributed by atoms with Crippen molar-refractivity contribution in [2.75, 3.05) is 7.11 Å². The summed E-state index contributed by atoms with van der Waals surface area (Å²) in [5, 5.41) is 5.31. The number of hydrogen-bond donors (Lipinski definition) is 2. The number of nitrogens with one attached hydrogen (secondary N) is 2. The average molecular weight is 338 g/mol. The molecule has 1 aliphatic carbocycles. The van der Waals surface area contributed by atoms with E-state index in [9.17, 15) is 14.4 Å². The van der Waals surface area contributed by atoms with Crippen LogP contribution < -0.4 is 10.6 Å². The molecule has 2 unspecified atom stereocenters. The molecule has 24 heavy (non-hydrogen) atoms. The number of carbonyl (C=O) groups excluding carboxylic acids is 3. The number of allylic oxidation sites excluding steroid dienone is 2. The van der Waals surface area contributed by atoms with Gasteiger partial charge in [-0.05, 0) is 45.3 Å². The van der Waals surface area contributed by atoms with Crippen molar-refractivity contribution in [3.8, 4) is 0 Å². The predicted octanol–water partition coefficient (Wildman–Crippen LogP) is 1.83. The molecule has 0 saturated carbocycles. The standard InChI is InChI=1S/C17H26N2O5/c1-11(20)18-13-8-6-12(7-9-13)10-14(15(21)23-5)19-16(22)24-17(2,3)4/h6,8,10,13-14H,7,9H2,1-5H3,(H,18,20)(H,19,22)/b12-10+. The van der Waals surface area contributed by atoms with Crippen molar-refractivity contribution < 1.29 is 23.9 Å². The van der Waals surface area contributed by atoms with Gasteiger partial charge in [-0.15, -0.1) is 0 Å². The highest BCUT2D eigenvalue weighted by Crippen LogP contribution is 2.18. The topological polar surface area (TPSA) is 93.7 Å². The van der Waals surface area contributed by atoms with E-state index in [1.54, 1.807) is 26.8 Å². The van der Waals surface area contributed by atoms with Crippen LogP contribution in [0.15, 0.2) is 23.8 Å². The summed E-state index contributed by atoms with van der Waals surface area (Å²) in [5.74, 6) is -0.665. The summed E-state index contributed by atoms with van der Waals surface area (Å²) in [6.07, 6.45) is 6.03. The fraction of sp³-hybridized carbons (Fsp3) is 0.588. The molecule has 0 heterocycles. The Morgan fingerprint density at radius 2 is 2.00 bits per heavy atom. The zero-order valence-electron chi connectivity index (χ0n) is 14.8. The second kappa shape index (κ2) is 8.52. The Hall–Kier alpha value is -2.31. The number of carbonyl (C=O) groups is 3. The molecule has 2 amide bonds. The summed E-state index contributed by atoms with van der Waals surface area (Å²) in [5.41, 5.74) is 0.219. The van der Waals surface area contributed by atoms with Gasteiger partial charge < -0.3 is 20.1 Å². The summed E-state index contributed by atoms with van der Waals surface area (Å²) >= 11 is 0. The number of rotatable bonds is 4. The number of esters is 1. The molecule has 1 aliphatic rings. The van der Waals surface area contributed by atoms with Crippen LogP contribution in [0.25, 0.3) is 0 Å². The van der Waals surface area contributed by atoms with E-state index >= 15 is 0 Å². The predicted molar refractivity (Wildman–Crippen MR) is 89.2 cm³/mol. The quantitative estimate of drug-likeness (QED) is 0.763. The van der Waals surface area contributed by atoms with E-state index in [1.807, 2.05) is 12.2 Å². The largest absolute Gasteiger partial charge is 0.467 e. The lowest BCUT2D eigenvalue weighted by molar-refractivity contribution is -0.141. The third-order valence-electron chi connectivity index (χ3n) is 3.18. The van der Waals surface area contributed by atoms with Crippen LogP contribution in [0.5, 0.6) is 0 Å². The highest BCUT2D eigenvalue weighted by molar-refractivity contribution is 5.83. The highest BCUT2D eigenvalue weighted by atomic mass is 16.6. The van der Waals surface area contributed by atoms with E-state index in [1.165, 1.54) is 14.0 Å². The number of hydrogen-bond acceptors (Lipinski definition) is 5. The Kier molecular flexibility index (Phi) is 7.00. The molecular weight excluding hydrogens is 312 g/mol. The fourth-order valence-electron chi connectivity index (χ4n) is 2.21. The van der Waals surface area contributed by atoms with Gasteiger partial charge in [0.15, 0.2) is 0 Å². The maximum atomic E-state index is 11.9. The van der Waals surface area contributed by atoms with Crippen LogP contribution in [0.4, 0.5) is 4.79 Å². The van der Waals surface area contributed by atoms with E-state index in [2.05, 4.69) is 10.6 Å². The molecule has 0 saturated heterocycles. The molecule has 0 aliphatic heterocycles. The lowest BCUT2D eigenvalue weighted by Crippen LogP contribution is -2.43. The van der Waals surface area contributed by atoms with E-state index in [0.29, 0.717) is 6.42 Å². The monoisotopic (exact) mass is 338 g/mol. The molecule has 134 valence electrons. The lowest BCUT2D eigenvalue weighted by atomic mass is 9.96. The van der Waals surface area contributed by atoms with Crippen molar-refractivity contribution in [3.05, 3.63) is 23.8 Å². The first-order valence-electron chi connectivity index (χ1n) is 7.84. The van der Waals surface area contributed by atoms with Gasteiger partial charge in [0.2, 0.25) is 5.91 Å². The second-order valence-electron chi connectivity index (χ2n) is 6.59. The van der Waals surface area contributed by atoms with Crippen molar-refractivity contribution in [3.63, 3.8) is 0 Å². The summed E-state index contributed by atoms with van der Waals surface area (Å²) < 4.78 is 9.88. The first-order chi connectivity index (χ1) is 11.1. The zero-order valence-corrected chi connectivity index (χ0v) is 14.8. The first-order valence-corrected chi connectivity index (χ1v) is 7.84. The highest BCUT2D eigenvalue weighted by Gasteiger charge is 2.24. The van der Waals surface area contributed by atoms with Gasteiger partial charge in [-0.25, -0.2) is 9.59 Å². The summed E-state index contributed by atoms with van der Waals surface area (Å²) in [6, 6.07) is -0.947. The molecule has 0 bridgehead atoms. The Labute approximate surface area is 142 Å². The van der Waals surface area contributed by atoms with E-state index in [0.717, 1.165) is 12.0 Å². The molecule has 0 aromatic carbocycles. The summed E-state index contributed by atoms with van der Waals surface area (Å²) in [6.45, 7) is 6.69. The number of ether oxygens (including phenoxy) is 2. The molecule has 0 fully saturated rings. The van der Waals surface area contributed by atoms with Gasteiger partial charge in [0.05, 0.1) is 7.11 Å². The minimum Gasteiger partial charge on any atom is -0.467 e.